The van der Waals surface area contributed by atoms with Gasteiger partial charge in [0.15, 0.2) is 11.1 Å². The lowest BCUT2D eigenvalue weighted by atomic mass is 9.82. The summed E-state index contributed by atoms with van der Waals surface area (Å²) in [5.41, 5.74) is -0.681. The first-order valence-corrected chi connectivity index (χ1v) is 9.82. The van der Waals surface area contributed by atoms with Gasteiger partial charge in [-0.25, -0.2) is 0 Å². The van der Waals surface area contributed by atoms with Crippen molar-refractivity contribution in [3.63, 3.8) is 0 Å². The zero-order valence-corrected chi connectivity index (χ0v) is 15.9. The van der Waals surface area contributed by atoms with Crippen molar-refractivity contribution in [1.82, 2.24) is 0 Å². The summed E-state index contributed by atoms with van der Waals surface area (Å²) in [5, 5.41) is 0.984. The maximum atomic E-state index is 12.9. The first-order chi connectivity index (χ1) is 12.4. The first kappa shape index (κ1) is 17.2. The SMILES string of the molecule is CC1(C2(C)N=C(c3ccccc3)SC2=O)N=C(c2ccccc2)SC1=O. The topological polar surface area (TPSA) is 58.9 Å². The number of benzene rings is 2. The second kappa shape index (κ2) is 6.21. The van der Waals surface area contributed by atoms with Crippen LogP contribution in [0.2, 0.25) is 0 Å². The molecule has 2 aliphatic rings. The molecule has 0 fully saturated rings. The van der Waals surface area contributed by atoms with Gasteiger partial charge in [0.05, 0.1) is 0 Å². The van der Waals surface area contributed by atoms with E-state index in [-0.39, 0.29) is 10.2 Å². The fourth-order valence-electron chi connectivity index (χ4n) is 2.94. The van der Waals surface area contributed by atoms with E-state index in [4.69, 9.17) is 9.98 Å². The van der Waals surface area contributed by atoms with Gasteiger partial charge in [0, 0.05) is 11.1 Å². The van der Waals surface area contributed by atoms with Crippen LogP contribution in [0, 0.1) is 0 Å². The van der Waals surface area contributed by atoms with Crippen LogP contribution in [-0.2, 0) is 9.59 Å². The zero-order chi connectivity index (χ0) is 18.4. The second-order valence-corrected chi connectivity index (χ2v) is 8.41. The fraction of sp³-hybridized carbons (Fsp3) is 0.200. The molecule has 2 unspecified atom stereocenters. The molecule has 2 aromatic rings. The molecule has 0 radical (unpaired) electrons. The highest BCUT2D eigenvalue weighted by Gasteiger charge is 2.61. The largest absolute Gasteiger partial charge is 0.284 e. The van der Waals surface area contributed by atoms with E-state index in [0.29, 0.717) is 10.1 Å². The van der Waals surface area contributed by atoms with E-state index in [2.05, 4.69) is 0 Å². The lowest BCUT2D eigenvalue weighted by molar-refractivity contribution is -0.123. The van der Waals surface area contributed by atoms with E-state index >= 15 is 0 Å². The number of nitrogens with zero attached hydrogens (tertiary/aromatic N) is 2. The predicted molar refractivity (Wildman–Crippen MR) is 108 cm³/mol. The van der Waals surface area contributed by atoms with Crippen LogP contribution in [0.3, 0.4) is 0 Å². The lowest BCUT2D eigenvalue weighted by Crippen LogP contribution is -2.53. The van der Waals surface area contributed by atoms with Crippen LogP contribution in [-0.4, -0.2) is 31.4 Å². The fourth-order valence-corrected chi connectivity index (χ4v) is 5.14. The summed E-state index contributed by atoms with van der Waals surface area (Å²) < 4.78 is 0. The number of carbonyl (C=O) groups excluding carboxylic acids is 2. The van der Waals surface area contributed by atoms with E-state index < -0.39 is 11.1 Å². The smallest absolute Gasteiger partial charge is 0.225 e. The molecule has 2 aliphatic heterocycles. The number of hydrogen-bond donors (Lipinski definition) is 0. The highest BCUT2D eigenvalue weighted by Crippen LogP contribution is 2.47. The van der Waals surface area contributed by atoms with Gasteiger partial charge >= 0.3 is 0 Å². The molecular formula is C20H16N2O2S2. The molecular weight excluding hydrogens is 364 g/mol. The molecule has 0 N–H and O–H groups in total. The summed E-state index contributed by atoms with van der Waals surface area (Å²) >= 11 is 2.18. The van der Waals surface area contributed by atoms with Gasteiger partial charge < -0.3 is 0 Å². The highest BCUT2D eigenvalue weighted by molar-refractivity contribution is 8.28. The van der Waals surface area contributed by atoms with Crippen molar-refractivity contribution in [2.24, 2.45) is 9.98 Å². The Kier molecular flexibility index (Phi) is 4.12. The average molecular weight is 380 g/mol. The highest BCUT2D eigenvalue weighted by atomic mass is 32.2. The summed E-state index contributed by atoms with van der Waals surface area (Å²) in [5.74, 6) is 0. The van der Waals surface area contributed by atoms with E-state index in [0.717, 1.165) is 34.7 Å². The van der Waals surface area contributed by atoms with Gasteiger partial charge in [0.25, 0.3) is 0 Å². The number of rotatable bonds is 3. The third kappa shape index (κ3) is 2.56. The van der Waals surface area contributed by atoms with Gasteiger partial charge in [0.1, 0.15) is 10.1 Å². The molecule has 130 valence electrons. The summed E-state index contributed by atoms with van der Waals surface area (Å²) in [7, 11) is 0. The van der Waals surface area contributed by atoms with Crippen molar-refractivity contribution in [3.05, 3.63) is 71.8 Å². The molecule has 0 saturated heterocycles. The average Bonchev–Trinajstić information content (AvgIpc) is 3.15. The van der Waals surface area contributed by atoms with Crippen LogP contribution in [0.15, 0.2) is 70.6 Å². The van der Waals surface area contributed by atoms with Crippen LogP contribution >= 0.6 is 23.5 Å². The minimum atomic E-state index is -1.22. The number of hydrogen-bond acceptors (Lipinski definition) is 6. The van der Waals surface area contributed by atoms with Gasteiger partial charge in [-0.2, -0.15) is 0 Å². The van der Waals surface area contributed by atoms with Crippen LogP contribution < -0.4 is 0 Å². The van der Waals surface area contributed by atoms with E-state index in [1.165, 1.54) is 0 Å². The number of thioether (sulfide) groups is 2. The van der Waals surface area contributed by atoms with Crippen LogP contribution in [0.5, 0.6) is 0 Å². The summed E-state index contributed by atoms with van der Waals surface area (Å²) in [4.78, 5) is 35.1. The molecule has 2 atom stereocenters. The van der Waals surface area contributed by atoms with E-state index in [1.54, 1.807) is 13.8 Å². The van der Waals surface area contributed by atoms with Gasteiger partial charge in [-0.1, -0.05) is 60.7 Å². The Morgan fingerprint density at radius 3 is 1.35 bits per heavy atom. The summed E-state index contributed by atoms with van der Waals surface area (Å²) in [6, 6.07) is 19.1. The summed E-state index contributed by atoms with van der Waals surface area (Å²) in [6.07, 6.45) is 0. The monoisotopic (exact) mass is 380 g/mol. The molecule has 0 bridgehead atoms. The molecule has 4 rings (SSSR count). The van der Waals surface area contributed by atoms with E-state index in [9.17, 15) is 9.59 Å². The molecule has 6 heteroatoms. The van der Waals surface area contributed by atoms with Gasteiger partial charge in [-0.05, 0) is 37.4 Å². The molecule has 0 aliphatic carbocycles. The quantitative estimate of drug-likeness (QED) is 0.809. The molecule has 2 heterocycles. The molecule has 26 heavy (non-hydrogen) atoms. The van der Waals surface area contributed by atoms with Crippen molar-refractivity contribution < 1.29 is 9.59 Å². The minimum absolute atomic E-state index is 0.147. The molecule has 0 aromatic heterocycles. The van der Waals surface area contributed by atoms with Gasteiger partial charge in [-0.15, -0.1) is 0 Å². The van der Waals surface area contributed by atoms with Crippen molar-refractivity contribution in [1.29, 1.82) is 0 Å². The number of carbonyl (C=O) groups is 2. The predicted octanol–water partition coefficient (Wildman–Crippen LogP) is 3.94. The van der Waals surface area contributed by atoms with Crippen molar-refractivity contribution in [2.75, 3.05) is 0 Å². The van der Waals surface area contributed by atoms with E-state index in [1.807, 2.05) is 60.7 Å². The van der Waals surface area contributed by atoms with Crippen LogP contribution in [0.25, 0.3) is 0 Å². The van der Waals surface area contributed by atoms with Crippen molar-refractivity contribution in [3.8, 4) is 0 Å². The molecule has 0 saturated carbocycles. The molecule has 2 aromatic carbocycles. The zero-order valence-electron chi connectivity index (χ0n) is 14.3. The third-order valence-electron chi connectivity index (χ3n) is 4.81. The summed E-state index contributed by atoms with van der Waals surface area (Å²) in [6.45, 7) is 3.43. The Morgan fingerprint density at radius 2 is 1.00 bits per heavy atom. The Hall–Kier alpha value is -2.18. The first-order valence-electron chi connectivity index (χ1n) is 8.19. The van der Waals surface area contributed by atoms with Crippen molar-refractivity contribution in [2.45, 2.75) is 24.9 Å². The van der Waals surface area contributed by atoms with Gasteiger partial charge in [0.2, 0.25) is 10.2 Å². The number of aliphatic imine (C=N–C) groups is 2. The Bertz CT molecular complexity index is 877. The lowest BCUT2D eigenvalue weighted by Gasteiger charge is -2.31. The Balaban J connectivity index is 1.77. The Labute approximate surface area is 160 Å². The maximum absolute atomic E-state index is 12.9. The molecule has 4 nitrogen and oxygen atoms in total. The molecule has 0 spiro atoms. The normalized spacial score (nSPS) is 28.2. The van der Waals surface area contributed by atoms with Crippen LogP contribution in [0.4, 0.5) is 0 Å². The van der Waals surface area contributed by atoms with Crippen LogP contribution in [0.1, 0.15) is 25.0 Å². The third-order valence-corrected chi connectivity index (χ3v) is 7.02. The van der Waals surface area contributed by atoms with Gasteiger partial charge in [-0.3, -0.25) is 19.6 Å². The standard InChI is InChI=1S/C20H16N2O2S2/c1-19(17(23)25-15(21-19)13-9-5-3-6-10-13)20(2)18(24)26-16(22-20)14-11-7-4-8-12-14/h3-12H,1-2H3. The maximum Gasteiger partial charge on any atom is 0.225 e. The Morgan fingerprint density at radius 1 is 0.654 bits per heavy atom. The minimum Gasteiger partial charge on any atom is -0.284 e. The second-order valence-electron chi connectivity index (χ2n) is 6.49. The van der Waals surface area contributed by atoms with Crippen molar-refractivity contribution >= 4 is 43.8 Å². The molecule has 0 amide bonds.